The predicted octanol–water partition coefficient (Wildman–Crippen LogP) is 0.637. The molecule has 0 aromatic rings. The minimum absolute atomic E-state index is 0.473. The Kier molecular flexibility index (Phi) is 7.38. The summed E-state index contributed by atoms with van der Waals surface area (Å²) in [5.74, 6) is 0. The van der Waals surface area contributed by atoms with E-state index in [1.54, 1.807) is 0 Å². The monoisotopic (exact) mass is 232 g/mol. The normalized spacial score (nSPS) is 12.8. The van der Waals surface area contributed by atoms with E-state index in [4.69, 9.17) is 0 Å². The van der Waals surface area contributed by atoms with Crippen molar-refractivity contribution in [3.05, 3.63) is 0 Å². The molecule has 4 nitrogen and oxygen atoms in total. The lowest BCUT2D eigenvalue weighted by molar-refractivity contribution is 0.600. The van der Waals surface area contributed by atoms with Crippen LogP contribution in [-0.4, -0.2) is 33.9 Å². The maximum absolute atomic E-state index is 3.63. The number of hydrogen-bond donors (Lipinski definition) is 4. The molecule has 0 aliphatic rings. The van der Waals surface area contributed by atoms with Gasteiger partial charge in [0.1, 0.15) is 0 Å². The minimum atomic E-state index is -1.92. The van der Waals surface area contributed by atoms with Crippen molar-refractivity contribution in [2.45, 2.75) is 53.6 Å². The third-order valence-corrected chi connectivity index (χ3v) is 5.68. The van der Waals surface area contributed by atoms with E-state index >= 15 is 0 Å². The average molecular weight is 232 g/mol. The van der Waals surface area contributed by atoms with Crippen LogP contribution in [0.1, 0.15) is 41.5 Å². The molecule has 0 aromatic heterocycles. The molecule has 4 N–H and O–H groups in total. The molecule has 0 saturated heterocycles. The van der Waals surface area contributed by atoms with Crippen LogP contribution in [0.4, 0.5) is 0 Å². The van der Waals surface area contributed by atoms with Gasteiger partial charge in [0.2, 0.25) is 0 Å². The van der Waals surface area contributed by atoms with E-state index in [-0.39, 0.29) is 0 Å². The highest BCUT2D eigenvalue weighted by molar-refractivity contribution is 6.70. The first kappa shape index (κ1) is 15.1. The molecule has 92 valence electrons. The van der Waals surface area contributed by atoms with Gasteiger partial charge >= 0.3 is 8.72 Å². The first-order valence-corrected chi connectivity index (χ1v) is 8.01. The van der Waals surface area contributed by atoms with E-state index in [0.717, 1.165) is 13.1 Å². The number of rotatable bonds is 8. The van der Waals surface area contributed by atoms with Crippen LogP contribution < -0.4 is 19.9 Å². The molecule has 0 heterocycles. The molecule has 0 atom stereocenters. The molecule has 5 heteroatoms. The Labute approximate surface area is 95.9 Å². The van der Waals surface area contributed by atoms with E-state index in [1.807, 2.05) is 0 Å². The Bertz CT molecular complexity index is 144. The summed E-state index contributed by atoms with van der Waals surface area (Å²) < 4.78 is 0. The summed E-state index contributed by atoms with van der Waals surface area (Å²) in [6, 6.07) is 0.946. The summed E-state index contributed by atoms with van der Waals surface area (Å²) in [4.78, 5) is 14.4. The zero-order valence-corrected chi connectivity index (χ0v) is 12.1. The van der Waals surface area contributed by atoms with Gasteiger partial charge in [-0.3, -0.25) is 9.96 Å². The largest absolute Gasteiger partial charge is 0.366 e. The van der Waals surface area contributed by atoms with Crippen molar-refractivity contribution in [1.82, 2.24) is 19.9 Å². The first-order chi connectivity index (χ1) is 6.95. The van der Waals surface area contributed by atoms with Crippen molar-refractivity contribution in [3.63, 3.8) is 0 Å². The molecule has 0 amide bonds. The topological polar surface area (TPSA) is 48.1 Å². The molecule has 0 fully saturated rings. The minimum Gasteiger partial charge on any atom is -0.301 e. The van der Waals surface area contributed by atoms with Crippen LogP contribution in [0.3, 0.4) is 0 Å². The lowest BCUT2D eigenvalue weighted by Crippen LogP contribution is -2.82. The summed E-state index contributed by atoms with van der Waals surface area (Å²) in [6.07, 6.45) is 0. The molecule has 0 aliphatic carbocycles. The van der Waals surface area contributed by atoms with Gasteiger partial charge in [-0.2, -0.15) is 0 Å². The van der Waals surface area contributed by atoms with Gasteiger partial charge in [-0.15, -0.1) is 0 Å². The molecular formula is C10H28N4Si. The Morgan fingerprint density at radius 1 is 0.800 bits per heavy atom. The van der Waals surface area contributed by atoms with Crippen LogP contribution in [0, 0.1) is 0 Å². The van der Waals surface area contributed by atoms with Gasteiger partial charge in [-0.25, -0.2) is 0 Å². The average Bonchev–Trinajstić information content (AvgIpc) is 2.01. The summed E-state index contributed by atoms with van der Waals surface area (Å²) >= 11 is 0. The molecule has 0 bridgehead atoms. The van der Waals surface area contributed by atoms with Gasteiger partial charge in [-0.05, 0) is 25.2 Å². The van der Waals surface area contributed by atoms with Crippen molar-refractivity contribution in [1.29, 1.82) is 0 Å². The van der Waals surface area contributed by atoms with E-state index in [1.165, 1.54) is 0 Å². The van der Waals surface area contributed by atoms with Gasteiger partial charge in [0, 0.05) is 0 Å². The number of nitrogens with one attached hydrogen (secondary N) is 4. The second-order valence-corrected chi connectivity index (χ2v) is 7.19. The standard InChI is InChI=1S/C10H28N4Si/c1-7-11-15(12-8-2,13-9(3)4)14-10(5)6/h9-14H,7-8H2,1-6H3. The fourth-order valence-corrected chi connectivity index (χ4v) is 5.11. The summed E-state index contributed by atoms with van der Waals surface area (Å²) in [5.41, 5.74) is 0. The molecule has 0 spiro atoms. The molecule has 0 radical (unpaired) electrons. The van der Waals surface area contributed by atoms with Gasteiger partial charge in [0.25, 0.3) is 0 Å². The van der Waals surface area contributed by atoms with Crippen LogP contribution in [0.25, 0.3) is 0 Å². The maximum Gasteiger partial charge on any atom is 0.366 e. The van der Waals surface area contributed by atoms with Crippen molar-refractivity contribution in [2.75, 3.05) is 13.1 Å². The van der Waals surface area contributed by atoms with Crippen molar-refractivity contribution < 1.29 is 0 Å². The van der Waals surface area contributed by atoms with Crippen molar-refractivity contribution in [2.24, 2.45) is 0 Å². The second kappa shape index (κ2) is 7.35. The van der Waals surface area contributed by atoms with Crippen LogP contribution in [0.15, 0.2) is 0 Å². The third-order valence-electron chi connectivity index (χ3n) is 1.89. The fourth-order valence-electron chi connectivity index (χ4n) is 1.70. The maximum atomic E-state index is 3.63. The molecule has 0 aliphatic heterocycles. The first-order valence-electron chi connectivity index (χ1n) is 6.01. The number of hydrogen-bond acceptors (Lipinski definition) is 4. The zero-order valence-electron chi connectivity index (χ0n) is 11.1. The smallest absolute Gasteiger partial charge is 0.301 e. The quantitative estimate of drug-likeness (QED) is 0.464. The molecular weight excluding hydrogens is 204 g/mol. The van der Waals surface area contributed by atoms with Crippen molar-refractivity contribution in [3.8, 4) is 0 Å². The Balaban J connectivity index is 4.55. The van der Waals surface area contributed by atoms with Crippen LogP contribution in [0.2, 0.25) is 0 Å². The highest BCUT2D eigenvalue weighted by Crippen LogP contribution is 1.91. The Morgan fingerprint density at radius 3 is 1.33 bits per heavy atom. The van der Waals surface area contributed by atoms with E-state index in [2.05, 4.69) is 61.5 Å². The van der Waals surface area contributed by atoms with Crippen molar-refractivity contribution >= 4 is 8.72 Å². The highest BCUT2D eigenvalue weighted by atomic mass is 28.4. The Morgan fingerprint density at radius 2 is 1.13 bits per heavy atom. The summed E-state index contributed by atoms with van der Waals surface area (Å²) in [5, 5.41) is 0. The molecule has 0 saturated carbocycles. The van der Waals surface area contributed by atoms with Crippen LogP contribution in [-0.2, 0) is 0 Å². The van der Waals surface area contributed by atoms with Gasteiger partial charge in [0.05, 0.1) is 0 Å². The molecule has 15 heavy (non-hydrogen) atoms. The molecule has 0 unspecified atom stereocenters. The summed E-state index contributed by atoms with van der Waals surface area (Å²) in [6.45, 7) is 14.9. The van der Waals surface area contributed by atoms with E-state index in [0.29, 0.717) is 12.1 Å². The SMILES string of the molecule is CCN[Si](NCC)(NC(C)C)NC(C)C. The van der Waals surface area contributed by atoms with Gasteiger partial charge in [-0.1, -0.05) is 41.5 Å². The lowest BCUT2D eigenvalue weighted by atomic mass is 10.4. The van der Waals surface area contributed by atoms with E-state index < -0.39 is 8.72 Å². The Hall–Kier alpha value is 0.0569. The van der Waals surface area contributed by atoms with Gasteiger partial charge in [0.15, 0.2) is 0 Å². The zero-order chi connectivity index (χ0) is 11.9. The van der Waals surface area contributed by atoms with Gasteiger partial charge < -0.3 is 9.96 Å². The van der Waals surface area contributed by atoms with E-state index in [9.17, 15) is 0 Å². The lowest BCUT2D eigenvalue weighted by Gasteiger charge is -2.36. The molecule has 0 rings (SSSR count). The fraction of sp³-hybridized carbons (Fsp3) is 1.00. The third kappa shape index (κ3) is 6.27. The predicted molar refractivity (Wildman–Crippen MR) is 69.7 cm³/mol. The highest BCUT2D eigenvalue weighted by Gasteiger charge is 2.34. The summed E-state index contributed by atoms with van der Waals surface area (Å²) in [7, 11) is -1.92. The second-order valence-electron chi connectivity index (χ2n) is 4.41. The molecule has 0 aromatic carbocycles. The van der Waals surface area contributed by atoms with Crippen LogP contribution >= 0.6 is 0 Å². The van der Waals surface area contributed by atoms with Crippen LogP contribution in [0.5, 0.6) is 0 Å².